The molecule has 2 aromatic carbocycles. The first-order chi connectivity index (χ1) is 12.7. The van der Waals surface area contributed by atoms with Crippen molar-refractivity contribution in [2.45, 2.75) is 55.8 Å². The third kappa shape index (κ3) is 5.44. The van der Waals surface area contributed by atoms with Gasteiger partial charge in [-0.15, -0.1) is 0 Å². The summed E-state index contributed by atoms with van der Waals surface area (Å²) >= 11 is 3.89. The molecule has 0 radical (unpaired) electrons. The zero-order valence-electron chi connectivity index (χ0n) is 15.2. The van der Waals surface area contributed by atoms with Crippen LogP contribution in [0.25, 0.3) is 0 Å². The Morgan fingerprint density at radius 3 is 2.38 bits per heavy atom. The first-order valence-corrected chi connectivity index (χ1v) is 10.7. The van der Waals surface area contributed by atoms with Crippen molar-refractivity contribution in [2.75, 3.05) is 0 Å². The Morgan fingerprint density at radius 1 is 1.04 bits per heavy atom. The molecule has 2 nitrogen and oxygen atoms in total. The molecule has 3 atom stereocenters. The number of carbonyl (C=O) groups is 1. The molecule has 0 aromatic heterocycles. The highest BCUT2D eigenvalue weighted by molar-refractivity contribution is 9.09. The first-order valence-electron chi connectivity index (χ1n) is 9.73. The van der Waals surface area contributed by atoms with E-state index in [1.165, 1.54) is 24.8 Å². The fourth-order valence-electron chi connectivity index (χ4n) is 4.09. The first kappa shape index (κ1) is 19.2. The predicted molar refractivity (Wildman–Crippen MR) is 111 cm³/mol. The van der Waals surface area contributed by atoms with Crippen LogP contribution in [0, 0.1) is 5.92 Å². The molecule has 0 heterocycles. The summed E-state index contributed by atoms with van der Waals surface area (Å²) in [6, 6.07) is 20.9. The molecule has 0 saturated heterocycles. The van der Waals surface area contributed by atoms with Gasteiger partial charge in [-0.1, -0.05) is 83.0 Å². The van der Waals surface area contributed by atoms with E-state index in [1.54, 1.807) is 0 Å². The standard InChI is InChI=1S/C23H28BrNO/c24-22-15-7-14-21(22)20(19-11-5-2-6-12-19)13-8-16-23(26)25-17-18-9-3-1-4-10-18/h1-6,9-12,20-22H,7-8,13-17H2,(H,25,26)/t20?,21-,22+/m0/s1. The normalized spacial score (nSPS) is 20.7. The van der Waals surface area contributed by atoms with Crippen molar-refractivity contribution >= 4 is 21.8 Å². The molecular formula is C23H28BrNO. The van der Waals surface area contributed by atoms with Crippen molar-refractivity contribution in [3.63, 3.8) is 0 Å². The van der Waals surface area contributed by atoms with Crippen LogP contribution in [0.4, 0.5) is 0 Å². The second-order valence-corrected chi connectivity index (χ2v) is 8.46. The number of alkyl halides is 1. The quantitative estimate of drug-likeness (QED) is 0.542. The van der Waals surface area contributed by atoms with Gasteiger partial charge in [-0.05, 0) is 48.6 Å². The van der Waals surface area contributed by atoms with Gasteiger partial charge in [-0.2, -0.15) is 0 Å². The van der Waals surface area contributed by atoms with E-state index in [4.69, 9.17) is 0 Å². The van der Waals surface area contributed by atoms with Gasteiger partial charge in [0.1, 0.15) is 0 Å². The van der Waals surface area contributed by atoms with Crippen LogP contribution in [-0.4, -0.2) is 10.7 Å². The molecule has 0 bridgehead atoms. The third-order valence-electron chi connectivity index (χ3n) is 5.48. The Balaban J connectivity index is 1.50. The number of amides is 1. The molecule has 1 amide bonds. The Hall–Kier alpha value is -1.61. The highest BCUT2D eigenvalue weighted by Gasteiger charge is 2.32. The molecular weight excluding hydrogens is 386 g/mol. The number of hydrogen-bond acceptors (Lipinski definition) is 1. The topological polar surface area (TPSA) is 29.1 Å². The van der Waals surface area contributed by atoms with Crippen molar-refractivity contribution in [1.29, 1.82) is 0 Å². The van der Waals surface area contributed by atoms with E-state index in [9.17, 15) is 4.79 Å². The molecule has 2 aromatic rings. The van der Waals surface area contributed by atoms with E-state index in [-0.39, 0.29) is 5.91 Å². The maximum atomic E-state index is 12.2. The predicted octanol–water partition coefficient (Wildman–Crippen LogP) is 5.82. The number of rotatable bonds is 8. The summed E-state index contributed by atoms with van der Waals surface area (Å²) < 4.78 is 0. The SMILES string of the molecule is O=C(CCCC(c1ccccc1)[C@@H]1CCC[C@H]1Br)NCc1ccccc1. The van der Waals surface area contributed by atoms with E-state index < -0.39 is 0 Å². The summed E-state index contributed by atoms with van der Waals surface area (Å²) in [5, 5.41) is 3.04. The molecule has 1 saturated carbocycles. The number of benzene rings is 2. The van der Waals surface area contributed by atoms with E-state index in [0.717, 1.165) is 18.4 Å². The number of halogens is 1. The fraction of sp³-hybridized carbons (Fsp3) is 0.435. The molecule has 138 valence electrons. The van der Waals surface area contributed by atoms with Crippen molar-refractivity contribution in [1.82, 2.24) is 5.32 Å². The minimum atomic E-state index is 0.155. The summed E-state index contributed by atoms with van der Waals surface area (Å²) in [6.07, 6.45) is 6.49. The van der Waals surface area contributed by atoms with Crippen molar-refractivity contribution in [3.8, 4) is 0 Å². The van der Waals surface area contributed by atoms with Crippen molar-refractivity contribution < 1.29 is 4.79 Å². The molecule has 1 fully saturated rings. The molecule has 1 aliphatic rings. The third-order valence-corrected chi connectivity index (χ3v) is 6.61. The number of carbonyl (C=O) groups excluding carboxylic acids is 1. The van der Waals surface area contributed by atoms with Crippen LogP contribution in [0.5, 0.6) is 0 Å². The summed E-state index contributed by atoms with van der Waals surface area (Å²) in [5.74, 6) is 1.39. The fourth-order valence-corrected chi connectivity index (χ4v) is 5.05. The lowest BCUT2D eigenvalue weighted by Gasteiger charge is -2.26. The molecule has 1 unspecified atom stereocenters. The maximum absolute atomic E-state index is 12.2. The van der Waals surface area contributed by atoms with Crippen LogP contribution < -0.4 is 5.32 Å². The van der Waals surface area contributed by atoms with Crippen LogP contribution >= 0.6 is 15.9 Å². The van der Waals surface area contributed by atoms with Crippen LogP contribution in [0.15, 0.2) is 60.7 Å². The Morgan fingerprint density at radius 2 is 1.73 bits per heavy atom. The maximum Gasteiger partial charge on any atom is 0.220 e. The monoisotopic (exact) mass is 413 g/mol. The van der Waals surface area contributed by atoms with Crippen LogP contribution in [0.2, 0.25) is 0 Å². The average Bonchev–Trinajstić information content (AvgIpc) is 3.11. The number of hydrogen-bond donors (Lipinski definition) is 1. The van der Waals surface area contributed by atoms with Gasteiger partial charge in [-0.3, -0.25) is 4.79 Å². The zero-order chi connectivity index (χ0) is 18.2. The van der Waals surface area contributed by atoms with Crippen molar-refractivity contribution in [2.24, 2.45) is 5.92 Å². The smallest absolute Gasteiger partial charge is 0.220 e. The summed E-state index contributed by atoms with van der Waals surface area (Å²) in [7, 11) is 0. The van der Waals surface area contributed by atoms with Crippen LogP contribution in [-0.2, 0) is 11.3 Å². The minimum Gasteiger partial charge on any atom is -0.352 e. The Bertz CT molecular complexity index is 673. The number of nitrogens with one attached hydrogen (secondary N) is 1. The van der Waals surface area contributed by atoms with Gasteiger partial charge in [0.25, 0.3) is 0 Å². The van der Waals surface area contributed by atoms with E-state index in [2.05, 4.69) is 51.6 Å². The van der Waals surface area contributed by atoms with Gasteiger partial charge in [0, 0.05) is 17.8 Å². The van der Waals surface area contributed by atoms with Crippen LogP contribution in [0.3, 0.4) is 0 Å². The van der Waals surface area contributed by atoms with Gasteiger partial charge in [0.05, 0.1) is 0 Å². The highest BCUT2D eigenvalue weighted by atomic mass is 79.9. The van der Waals surface area contributed by atoms with E-state index in [1.807, 2.05) is 30.3 Å². The second kappa shape index (κ2) is 9.91. The van der Waals surface area contributed by atoms with Gasteiger partial charge >= 0.3 is 0 Å². The summed E-state index contributed by atoms with van der Waals surface area (Å²) in [4.78, 5) is 12.8. The van der Waals surface area contributed by atoms with E-state index >= 15 is 0 Å². The van der Waals surface area contributed by atoms with Gasteiger partial charge in [-0.25, -0.2) is 0 Å². The average molecular weight is 414 g/mol. The Kier molecular flexibility index (Phi) is 7.31. The molecule has 0 spiro atoms. The zero-order valence-corrected chi connectivity index (χ0v) is 16.8. The van der Waals surface area contributed by atoms with Gasteiger partial charge in [0.2, 0.25) is 5.91 Å². The molecule has 1 aliphatic carbocycles. The molecule has 26 heavy (non-hydrogen) atoms. The lowest BCUT2D eigenvalue weighted by Crippen LogP contribution is -2.23. The van der Waals surface area contributed by atoms with Gasteiger partial charge < -0.3 is 5.32 Å². The van der Waals surface area contributed by atoms with Crippen LogP contribution in [0.1, 0.15) is 55.6 Å². The van der Waals surface area contributed by atoms with Crippen molar-refractivity contribution in [3.05, 3.63) is 71.8 Å². The summed E-state index contributed by atoms with van der Waals surface area (Å²) in [6.45, 7) is 0.619. The largest absolute Gasteiger partial charge is 0.352 e. The Labute approximate surface area is 165 Å². The van der Waals surface area contributed by atoms with Gasteiger partial charge in [0.15, 0.2) is 0 Å². The summed E-state index contributed by atoms with van der Waals surface area (Å²) in [5.41, 5.74) is 2.57. The highest BCUT2D eigenvalue weighted by Crippen LogP contribution is 2.43. The lowest BCUT2D eigenvalue weighted by molar-refractivity contribution is -0.121. The lowest BCUT2D eigenvalue weighted by atomic mass is 9.81. The molecule has 0 aliphatic heterocycles. The minimum absolute atomic E-state index is 0.155. The second-order valence-electron chi connectivity index (χ2n) is 7.28. The molecule has 3 rings (SSSR count). The van der Waals surface area contributed by atoms with E-state index in [0.29, 0.717) is 29.6 Å². The molecule has 3 heteroatoms. The molecule has 1 N–H and O–H groups in total.